The minimum absolute atomic E-state index is 0.539. The number of halogens is 1. The number of hydrogen-bond acceptors (Lipinski definition) is 2. The molecular formula is C13H17FOS. The van der Waals surface area contributed by atoms with Crippen molar-refractivity contribution in [3.8, 4) is 5.75 Å². The minimum Gasteiger partial charge on any atom is -0.497 e. The van der Waals surface area contributed by atoms with E-state index in [1.165, 1.54) is 0 Å². The van der Waals surface area contributed by atoms with Gasteiger partial charge in [-0.3, -0.25) is 0 Å². The predicted molar refractivity (Wildman–Crippen MR) is 67.1 cm³/mol. The van der Waals surface area contributed by atoms with Crippen LogP contribution in [0.1, 0.15) is 18.4 Å². The molecule has 0 bridgehead atoms. The van der Waals surface area contributed by atoms with Crippen molar-refractivity contribution in [3.05, 3.63) is 29.8 Å². The van der Waals surface area contributed by atoms with Gasteiger partial charge in [-0.25, -0.2) is 4.39 Å². The minimum atomic E-state index is -0.986. The average Bonchev–Trinajstić information content (AvgIpc) is 2.30. The molecule has 0 saturated carbocycles. The molecule has 88 valence electrons. The number of methoxy groups -OCH3 is 1. The molecular weight excluding hydrogens is 223 g/mol. The summed E-state index contributed by atoms with van der Waals surface area (Å²) >= 11 is 1.85. The van der Waals surface area contributed by atoms with Gasteiger partial charge >= 0.3 is 0 Å². The van der Waals surface area contributed by atoms with E-state index in [4.69, 9.17) is 4.74 Å². The fourth-order valence-electron chi connectivity index (χ4n) is 2.02. The monoisotopic (exact) mass is 240 g/mol. The average molecular weight is 240 g/mol. The summed E-state index contributed by atoms with van der Waals surface area (Å²) in [7, 11) is 1.64. The highest BCUT2D eigenvalue weighted by molar-refractivity contribution is 7.99. The zero-order valence-corrected chi connectivity index (χ0v) is 10.4. The Balaban J connectivity index is 2.01. The van der Waals surface area contributed by atoms with E-state index in [2.05, 4.69) is 0 Å². The maximum atomic E-state index is 14.4. The zero-order valence-electron chi connectivity index (χ0n) is 9.54. The van der Waals surface area contributed by atoms with E-state index < -0.39 is 5.67 Å². The third-order valence-electron chi connectivity index (χ3n) is 3.07. The molecule has 1 aliphatic rings. The second-order valence-corrected chi connectivity index (χ2v) is 5.51. The molecule has 2 rings (SSSR count). The van der Waals surface area contributed by atoms with Gasteiger partial charge in [0.15, 0.2) is 0 Å². The lowest BCUT2D eigenvalue weighted by Gasteiger charge is -2.29. The molecule has 0 radical (unpaired) electrons. The van der Waals surface area contributed by atoms with E-state index in [1.807, 2.05) is 36.0 Å². The van der Waals surface area contributed by atoms with Crippen LogP contribution in [0.15, 0.2) is 24.3 Å². The van der Waals surface area contributed by atoms with Gasteiger partial charge in [0, 0.05) is 6.42 Å². The standard InChI is InChI=1S/C13H17FOS/c1-15-12-4-2-11(3-5-12)10-13(14)6-8-16-9-7-13/h2-5H,6-10H2,1H3. The Morgan fingerprint density at radius 1 is 1.25 bits per heavy atom. The van der Waals surface area contributed by atoms with E-state index in [0.717, 1.165) is 22.8 Å². The molecule has 1 aromatic carbocycles. The van der Waals surface area contributed by atoms with Gasteiger partial charge in [-0.1, -0.05) is 12.1 Å². The summed E-state index contributed by atoms with van der Waals surface area (Å²) < 4.78 is 19.5. The molecule has 1 saturated heterocycles. The van der Waals surface area contributed by atoms with Gasteiger partial charge in [0.05, 0.1) is 7.11 Å². The van der Waals surface area contributed by atoms with Crippen molar-refractivity contribution in [1.82, 2.24) is 0 Å². The van der Waals surface area contributed by atoms with Gasteiger partial charge in [-0.15, -0.1) is 0 Å². The van der Waals surface area contributed by atoms with Crippen LogP contribution in [0, 0.1) is 0 Å². The molecule has 1 aliphatic heterocycles. The van der Waals surface area contributed by atoms with Crippen LogP contribution >= 0.6 is 11.8 Å². The first-order valence-corrected chi connectivity index (χ1v) is 6.77. The first-order chi connectivity index (χ1) is 7.72. The summed E-state index contributed by atoms with van der Waals surface area (Å²) in [5.74, 6) is 2.73. The van der Waals surface area contributed by atoms with Gasteiger partial charge in [0.1, 0.15) is 11.4 Å². The SMILES string of the molecule is COc1ccc(CC2(F)CCSCC2)cc1. The topological polar surface area (TPSA) is 9.23 Å². The fourth-order valence-corrected chi connectivity index (χ4v) is 3.25. The van der Waals surface area contributed by atoms with Crippen LogP contribution in [-0.4, -0.2) is 24.3 Å². The van der Waals surface area contributed by atoms with E-state index in [9.17, 15) is 4.39 Å². The molecule has 0 unspecified atom stereocenters. The summed E-state index contributed by atoms with van der Waals surface area (Å²) in [4.78, 5) is 0. The molecule has 0 N–H and O–H groups in total. The van der Waals surface area contributed by atoms with Gasteiger partial charge in [0.2, 0.25) is 0 Å². The van der Waals surface area contributed by atoms with E-state index in [-0.39, 0.29) is 0 Å². The summed E-state index contributed by atoms with van der Waals surface area (Å²) in [6, 6.07) is 7.72. The first-order valence-electron chi connectivity index (χ1n) is 5.61. The van der Waals surface area contributed by atoms with E-state index in [1.54, 1.807) is 7.11 Å². The Labute approximate surface area is 100 Å². The summed E-state index contributed by atoms with van der Waals surface area (Å²) in [5, 5.41) is 0. The van der Waals surface area contributed by atoms with Crippen LogP contribution in [0.25, 0.3) is 0 Å². The highest BCUT2D eigenvalue weighted by Crippen LogP contribution is 2.33. The lowest BCUT2D eigenvalue weighted by atomic mass is 9.91. The maximum Gasteiger partial charge on any atom is 0.118 e. The van der Waals surface area contributed by atoms with Gasteiger partial charge < -0.3 is 4.74 Å². The molecule has 0 amide bonds. The fraction of sp³-hybridized carbons (Fsp3) is 0.538. The van der Waals surface area contributed by atoms with Crippen LogP contribution in [0.3, 0.4) is 0 Å². The van der Waals surface area contributed by atoms with Crippen molar-refractivity contribution in [2.24, 2.45) is 0 Å². The van der Waals surface area contributed by atoms with Crippen molar-refractivity contribution < 1.29 is 9.13 Å². The van der Waals surface area contributed by atoms with Crippen LogP contribution < -0.4 is 4.74 Å². The number of thioether (sulfide) groups is 1. The molecule has 16 heavy (non-hydrogen) atoms. The lowest BCUT2D eigenvalue weighted by Crippen LogP contribution is -2.30. The second kappa shape index (κ2) is 5.09. The Morgan fingerprint density at radius 2 is 1.88 bits per heavy atom. The van der Waals surface area contributed by atoms with Crippen LogP contribution in [0.5, 0.6) is 5.75 Å². The molecule has 0 aliphatic carbocycles. The van der Waals surface area contributed by atoms with Crippen LogP contribution in [-0.2, 0) is 6.42 Å². The zero-order chi connectivity index (χ0) is 11.4. The van der Waals surface area contributed by atoms with Gasteiger partial charge in [-0.05, 0) is 42.0 Å². The Hall–Kier alpha value is -0.700. The Morgan fingerprint density at radius 3 is 2.44 bits per heavy atom. The van der Waals surface area contributed by atoms with Crippen molar-refractivity contribution in [2.75, 3.05) is 18.6 Å². The third kappa shape index (κ3) is 2.91. The van der Waals surface area contributed by atoms with Crippen LogP contribution in [0.4, 0.5) is 4.39 Å². The number of rotatable bonds is 3. The molecule has 0 spiro atoms. The summed E-state index contributed by atoms with van der Waals surface area (Å²) in [5.41, 5.74) is 0.0787. The molecule has 3 heteroatoms. The second-order valence-electron chi connectivity index (χ2n) is 4.29. The van der Waals surface area contributed by atoms with E-state index in [0.29, 0.717) is 19.3 Å². The van der Waals surface area contributed by atoms with Crippen molar-refractivity contribution in [2.45, 2.75) is 24.9 Å². The smallest absolute Gasteiger partial charge is 0.118 e. The normalized spacial score (nSPS) is 19.4. The predicted octanol–water partition coefficient (Wildman–Crippen LogP) is 3.47. The lowest BCUT2D eigenvalue weighted by molar-refractivity contribution is 0.150. The number of alkyl halides is 1. The van der Waals surface area contributed by atoms with Gasteiger partial charge in [-0.2, -0.15) is 11.8 Å². The van der Waals surface area contributed by atoms with Crippen molar-refractivity contribution in [3.63, 3.8) is 0 Å². The van der Waals surface area contributed by atoms with Crippen molar-refractivity contribution >= 4 is 11.8 Å². The molecule has 0 atom stereocenters. The molecule has 1 nitrogen and oxygen atoms in total. The largest absolute Gasteiger partial charge is 0.497 e. The molecule has 1 fully saturated rings. The Kier molecular flexibility index (Phi) is 3.74. The highest BCUT2D eigenvalue weighted by Gasteiger charge is 2.31. The quantitative estimate of drug-likeness (QED) is 0.800. The third-order valence-corrected chi connectivity index (χ3v) is 4.05. The number of hydrogen-bond donors (Lipinski definition) is 0. The van der Waals surface area contributed by atoms with E-state index >= 15 is 0 Å². The number of ether oxygens (including phenoxy) is 1. The van der Waals surface area contributed by atoms with Gasteiger partial charge in [0.25, 0.3) is 0 Å². The molecule has 1 heterocycles. The maximum absolute atomic E-state index is 14.4. The Bertz CT molecular complexity index is 330. The number of benzene rings is 1. The molecule has 0 aromatic heterocycles. The molecule has 1 aromatic rings. The summed E-state index contributed by atoms with van der Waals surface area (Å²) in [6.45, 7) is 0. The first kappa shape index (κ1) is 11.8. The van der Waals surface area contributed by atoms with Crippen LogP contribution in [0.2, 0.25) is 0 Å². The summed E-state index contributed by atoms with van der Waals surface area (Å²) in [6.07, 6.45) is 1.91. The highest BCUT2D eigenvalue weighted by atomic mass is 32.2. The van der Waals surface area contributed by atoms with Crippen molar-refractivity contribution in [1.29, 1.82) is 0 Å².